The summed E-state index contributed by atoms with van der Waals surface area (Å²) in [5.74, 6) is 0.140. The number of nitrogens with one attached hydrogen (secondary N) is 1. The number of rotatable bonds is 6. The fourth-order valence-electron chi connectivity index (χ4n) is 2.82. The SMILES string of the molecule is CCCC(=N)CC1COCCN1C(=O)Cc1ccc(C)cc1.Cl. The molecule has 1 amide bonds. The Morgan fingerprint density at radius 2 is 2.04 bits per heavy atom. The largest absolute Gasteiger partial charge is 0.377 e. The normalized spacial score (nSPS) is 17.5. The second-order valence-electron chi connectivity index (χ2n) is 6.04. The Bertz CT molecular complexity index is 516. The molecular weight excluding hydrogens is 312 g/mol. The summed E-state index contributed by atoms with van der Waals surface area (Å²) >= 11 is 0. The van der Waals surface area contributed by atoms with Crippen molar-refractivity contribution in [3.8, 4) is 0 Å². The summed E-state index contributed by atoms with van der Waals surface area (Å²) in [7, 11) is 0. The number of carbonyl (C=O) groups excluding carboxylic acids is 1. The van der Waals surface area contributed by atoms with E-state index in [0.717, 1.165) is 18.4 Å². The van der Waals surface area contributed by atoms with Crippen molar-refractivity contribution in [1.29, 1.82) is 5.41 Å². The maximum absolute atomic E-state index is 12.6. The molecule has 1 unspecified atom stereocenters. The molecule has 1 fully saturated rings. The topological polar surface area (TPSA) is 53.4 Å². The zero-order chi connectivity index (χ0) is 15.9. The van der Waals surface area contributed by atoms with Gasteiger partial charge in [-0.2, -0.15) is 0 Å². The minimum absolute atomic E-state index is 0. The van der Waals surface area contributed by atoms with Gasteiger partial charge in [-0.3, -0.25) is 4.79 Å². The number of morpholine rings is 1. The minimum Gasteiger partial charge on any atom is -0.377 e. The van der Waals surface area contributed by atoms with Crippen LogP contribution in [0.25, 0.3) is 0 Å². The van der Waals surface area contributed by atoms with Crippen molar-refractivity contribution in [2.24, 2.45) is 0 Å². The van der Waals surface area contributed by atoms with Gasteiger partial charge in [-0.15, -0.1) is 12.4 Å². The van der Waals surface area contributed by atoms with Crippen LogP contribution in [0.3, 0.4) is 0 Å². The van der Waals surface area contributed by atoms with E-state index >= 15 is 0 Å². The second-order valence-corrected chi connectivity index (χ2v) is 6.04. The van der Waals surface area contributed by atoms with Crippen LogP contribution in [0.1, 0.15) is 37.3 Å². The lowest BCUT2D eigenvalue weighted by atomic mass is 10.0. The maximum atomic E-state index is 12.6. The van der Waals surface area contributed by atoms with Crippen molar-refractivity contribution in [3.63, 3.8) is 0 Å². The first-order chi connectivity index (χ1) is 10.6. The van der Waals surface area contributed by atoms with Gasteiger partial charge in [0.2, 0.25) is 5.91 Å². The fraction of sp³-hybridized carbons (Fsp3) is 0.556. The van der Waals surface area contributed by atoms with Gasteiger partial charge in [-0.25, -0.2) is 0 Å². The minimum atomic E-state index is 0. The Hall–Kier alpha value is -1.39. The predicted octanol–water partition coefficient (Wildman–Crippen LogP) is 3.40. The summed E-state index contributed by atoms with van der Waals surface area (Å²) in [4.78, 5) is 14.5. The highest BCUT2D eigenvalue weighted by Crippen LogP contribution is 2.15. The van der Waals surface area contributed by atoms with Crippen LogP contribution in [0.15, 0.2) is 24.3 Å². The Kier molecular flexibility index (Phi) is 8.28. The van der Waals surface area contributed by atoms with E-state index in [4.69, 9.17) is 10.1 Å². The highest BCUT2D eigenvalue weighted by atomic mass is 35.5. The van der Waals surface area contributed by atoms with E-state index in [2.05, 4.69) is 6.92 Å². The summed E-state index contributed by atoms with van der Waals surface area (Å²) in [6, 6.07) is 8.13. The molecule has 1 saturated heterocycles. The maximum Gasteiger partial charge on any atom is 0.227 e. The molecule has 1 heterocycles. The Balaban J connectivity index is 0.00000264. The first-order valence-corrected chi connectivity index (χ1v) is 8.09. The van der Waals surface area contributed by atoms with Gasteiger partial charge in [0.05, 0.1) is 25.7 Å². The molecule has 0 saturated carbocycles. The lowest BCUT2D eigenvalue weighted by Gasteiger charge is -2.36. The van der Waals surface area contributed by atoms with Crippen molar-refractivity contribution < 1.29 is 9.53 Å². The average Bonchev–Trinajstić information content (AvgIpc) is 2.50. The molecule has 5 heteroatoms. The van der Waals surface area contributed by atoms with Crippen LogP contribution in [-0.4, -0.2) is 42.3 Å². The van der Waals surface area contributed by atoms with Gasteiger partial charge in [0.1, 0.15) is 0 Å². The molecule has 0 aliphatic carbocycles. The van der Waals surface area contributed by atoms with Gasteiger partial charge in [-0.1, -0.05) is 43.2 Å². The number of benzene rings is 1. The average molecular weight is 339 g/mol. The third-order valence-corrected chi connectivity index (χ3v) is 4.06. The van der Waals surface area contributed by atoms with Gasteiger partial charge in [0, 0.05) is 18.7 Å². The quantitative estimate of drug-likeness (QED) is 0.808. The molecule has 0 bridgehead atoms. The monoisotopic (exact) mass is 338 g/mol. The van der Waals surface area contributed by atoms with Crippen LogP contribution in [-0.2, 0) is 16.0 Å². The first-order valence-electron chi connectivity index (χ1n) is 8.09. The number of hydrogen-bond donors (Lipinski definition) is 1. The van der Waals surface area contributed by atoms with E-state index < -0.39 is 0 Å². The van der Waals surface area contributed by atoms with Crippen LogP contribution < -0.4 is 0 Å². The molecule has 128 valence electrons. The third kappa shape index (κ3) is 5.96. The van der Waals surface area contributed by atoms with Crippen LogP contribution in [0, 0.1) is 12.3 Å². The van der Waals surface area contributed by atoms with Gasteiger partial charge in [0.15, 0.2) is 0 Å². The van der Waals surface area contributed by atoms with Gasteiger partial charge < -0.3 is 15.0 Å². The van der Waals surface area contributed by atoms with Crippen molar-refractivity contribution in [2.45, 2.75) is 45.6 Å². The molecule has 1 aromatic carbocycles. The zero-order valence-electron chi connectivity index (χ0n) is 14.0. The van der Waals surface area contributed by atoms with Crippen LogP contribution in [0.2, 0.25) is 0 Å². The summed E-state index contributed by atoms with van der Waals surface area (Å²) < 4.78 is 5.52. The Morgan fingerprint density at radius 3 is 2.70 bits per heavy atom. The summed E-state index contributed by atoms with van der Waals surface area (Å²) in [6.07, 6.45) is 2.84. The van der Waals surface area contributed by atoms with Crippen LogP contribution >= 0.6 is 12.4 Å². The van der Waals surface area contributed by atoms with Gasteiger partial charge in [0.25, 0.3) is 0 Å². The fourth-order valence-corrected chi connectivity index (χ4v) is 2.82. The van der Waals surface area contributed by atoms with E-state index in [0.29, 0.717) is 38.3 Å². The lowest BCUT2D eigenvalue weighted by molar-refractivity contribution is -0.138. The number of halogens is 1. The van der Waals surface area contributed by atoms with Gasteiger partial charge >= 0.3 is 0 Å². The van der Waals surface area contributed by atoms with E-state index in [1.165, 1.54) is 5.56 Å². The Labute approximate surface area is 145 Å². The van der Waals surface area contributed by atoms with Crippen molar-refractivity contribution in [2.75, 3.05) is 19.8 Å². The second kappa shape index (κ2) is 9.68. The van der Waals surface area contributed by atoms with Crippen LogP contribution in [0.5, 0.6) is 0 Å². The molecule has 1 aliphatic rings. The number of aryl methyl sites for hydroxylation is 1. The summed E-state index contributed by atoms with van der Waals surface area (Å²) in [5, 5.41) is 8.01. The van der Waals surface area contributed by atoms with Gasteiger partial charge in [-0.05, 0) is 18.9 Å². The number of amides is 1. The molecule has 2 rings (SSSR count). The molecule has 0 radical (unpaired) electrons. The Morgan fingerprint density at radius 1 is 1.35 bits per heavy atom. The molecular formula is C18H27ClN2O2. The van der Waals surface area contributed by atoms with Crippen molar-refractivity contribution in [1.82, 2.24) is 4.90 Å². The number of ether oxygens (including phenoxy) is 1. The standard InChI is InChI=1S/C18H26N2O2.ClH/c1-3-4-16(19)12-17-13-22-10-9-20(17)18(21)11-15-7-5-14(2)6-8-15;/h5-8,17,19H,3-4,9-13H2,1-2H3;1H. The number of nitrogens with zero attached hydrogens (tertiary/aromatic N) is 1. The molecule has 1 aromatic rings. The highest BCUT2D eigenvalue weighted by Gasteiger charge is 2.27. The third-order valence-electron chi connectivity index (χ3n) is 4.06. The molecule has 23 heavy (non-hydrogen) atoms. The predicted molar refractivity (Wildman–Crippen MR) is 95.7 cm³/mol. The molecule has 0 spiro atoms. The van der Waals surface area contributed by atoms with E-state index in [-0.39, 0.29) is 24.4 Å². The summed E-state index contributed by atoms with van der Waals surface area (Å²) in [6.45, 7) is 5.90. The molecule has 4 nitrogen and oxygen atoms in total. The zero-order valence-corrected chi connectivity index (χ0v) is 14.8. The molecule has 1 atom stereocenters. The lowest BCUT2D eigenvalue weighted by Crippen LogP contribution is -2.50. The van der Waals surface area contributed by atoms with E-state index in [1.807, 2.05) is 36.1 Å². The molecule has 1 aliphatic heterocycles. The van der Waals surface area contributed by atoms with E-state index in [1.54, 1.807) is 0 Å². The first kappa shape index (κ1) is 19.7. The number of carbonyl (C=O) groups is 1. The van der Waals surface area contributed by atoms with Crippen LogP contribution in [0.4, 0.5) is 0 Å². The summed E-state index contributed by atoms with van der Waals surface area (Å²) in [5.41, 5.74) is 2.96. The molecule has 0 aromatic heterocycles. The van der Waals surface area contributed by atoms with Crippen molar-refractivity contribution in [3.05, 3.63) is 35.4 Å². The number of hydrogen-bond acceptors (Lipinski definition) is 3. The highest BCUT2D eigenvalue weighted by molar-refractivity contribution is 5.85. The molecule has 1 N–H and O–H groups in total. The van der Waals surface area contributed by atoms with Crippen molar-refractivity contribution >= 4 is 24.0 Å². The smallest absolute Gasteiger partial charge is 0.227 e. The van der Waals surface area contributed by atoms with E-state index in [9.17, 15) is 4.79 Å².